The van der Waals surface area contributed by atoms with Crippen molar-refractivity contribution in [3.8, 4) is 0 Å². The van der Waals surface area contributed by atoms with Gasteiger partial charge in [-0.05, 0) is 27.1 Å². The molecule has 1 unspecified atom stereocenters. The number of aliphatic carboxylic acids is 1. The molecule has 0 aliphatic carbocycles. The number of rotatable bonds is 6. The summed E-state index contributed by atoms with van der Waals surface area (Å²) in [6.07, 6.45) is 0.769. The molecule has 4 N–H and O–H groups in total. The van der Waals surface area contributed by atoms with Crippen molar-refractivity contribution in [3.05, 3.63) is 0 Å². The van der Waals surface area contributed by atoms with Gasteiger partial charge in [0, 0.05) is 6.54 Å². The summed E-state index contributed by atoms with van der Waals surface area (Å²) in [4.78, 5) is 23.3. The smallest absolute Gasteiger partial charge is 0.330 e. The van der Waals surface area contributed by atoms with E-state index in [0.717, 1.165) is 13.0 Å². The number of amides is 1. The number of carbonyl (C=O) groups excluding carboxylic acids is 1. The van der Waals surface area contributed by atoms with Crippen LogP contribution in [0.3, 0.4) is 0 Å². The number of carboxylic acid groups (broad SMARTS) is 1. The second-order valence-electron chi connectivity index (χ2n) is 3.26. The number of hydrogen-bond acceptors (Lipinski definition) is 4. The van der Waals surface area contributed by atoms with Crippen LogP contribution in [0.15, 0.2) is 0 Å². The topological polar surface area (TPSA) is 95.7 Å². The quantitative estimate of drug-likeness (QED) is 0.359. The minimum Gasteiger partial charge on any atom is -0.480 e. The maximum Gasteiger partial charge on any atom is 0.330 e. The Morgan fingerprint density at radius 1 is 1.50 bits per heavy atom. The lowest BCUT2D eigenvalue weighted by Crippen LogP contribution is -2.46. The predicted molar refractivity (Wildman–Crippen MR) is 51.8 cm³/mol. The van der Waals surface area contributed by atoms with Crippen LogP contribution in [0.1, 0.15) is 6.42 Å². The normalized spacial score (nSPS) is 12.6. The van der Waals surface area contributed by atoms with E-state index in [4.69, 9.17) is 10.8 Å². The molecule has 0 aromatic carbocycles. The lowest BCUT2D eigenvalue weighted by Gasteiger charge is -2.11. The average molecular weight is 203 g/mol. The highest BCUT2D eigenvalue weighted by Gasteiger charge is 2.19. The molecule has 0 rings (SSSR count). The van der Waals surface area contributed by atoms with Crippen LogP contribution in [0, 0.1) is 0 Å². The highest BCUT2D eigenvalue weighted by atomic mass is 16.4. The summed E-state index contributed by atoms with van der Waals surface area (Å²) in [7, 11) is 3.84. The molecule has 0 aliphatic rings. The van der Waals surface area contributed by atoms with Crippen LogP contribution in [0.2, 0.25) is 0 Å². The Balaban J connectivity index is 3.59. The van der Waals surface area contributed by atoms with Gasteiger partial charge in [-0.3, -0.25) is 4.79 Å². The molecular weight excluding hydrogens is 186 g/mol. The van der Waals surface area contributed by atoms with Gasteiger partial charge in [0.25, 0.3) is 0 Å². The molecule has 0 aliphatic heterocycles. The number of hydrogen-bond donors (Lipinski definition) is 3. The van der Waals surface area contributed by atoms with Gasteiger partial charge in [0.1, 0.15) is 0 Å². The van der Waals surface area contributed by atoms with E-state index in [0.29, 0.717) is 6.54 Å². The van der Waals surface area contributed by atoms with Gasteiger partial charge in [0.05, 0.1) is 0 Å². The minimum absolute atomic E-state index is 0.442. The van der Waals surface area contributed by atoms with Gasteiger partial charge in [-0.15, -0.1) is 0 Å². The molecule has 0 radical (unpaired) electrons. The third-order valence-electron chi connectivity index (χ3n) is 1.63. The summed E-state index contributed by atoms with van der Waals surface area (Å²) >= 11 is 0. The fourth-order valence-electron chi connectivity index (χ4n) is 0.829. The van der Waals surface area contributed by atoms with Gasteiger partial charge in [0.15, 0.2) is 6.04 Å². The first-order chi connectivity index (χ1) is 6.45. The van der Waals surface area contributed by atoms with Crippen LogP contribution < -0.4 is 11.1 Å². The fourth-order valence-corrected chi connectivity index (χ4v) is 0.829. The zero-order valence-corrected chi connectivity index (χ0v) is 8.49. The Kier molecular flexibility index (Phi) is 5.82. The number of nitrogens with one attached hydrogen (secondary N) is 1. The molecule has 0 bridgehead atoms. The summed E-state index contributed by atoms with van der Waals surface area (Å²) in [6.45, 7) is 1.28. The van der Waals surface area contributed by atoms with E-state index >= 15 is 0 Å². The summed E-state index contributed by atoms with van der Waals surface area (Å²) in [5, 5.41) is 10.9. The molecule has 0 aromatic heterocycles. The zero-order chi connectivity index (χ0) is 11.1. The monoisotopic (exact) mass is 203 g/mol. The highest BCUT2D eigenvalue weighted by molar-refractivity contribution is 6.00. The van der Waals surface area contributed by atoms with E-state index in [1.807, 2.05) is 19.0 Å². The fraction of sp³-hybridized carbons (Fsp3) is 0.750. The van der Waals surface area contributed by atoms with E-state index in [2.05, 4.69) is 5.32 Å². The van der Waals surface area contributed by atoms with Crippen LogP contribution in [0.5, 0.6) is 0 Å². The number of nitrogens with zero attached hydrogens (tertiary/aromatic N) is 1. The van der Waals surface area contributed by atoms with Gasteiger partial charge in [-0.25, -0.2) is 4.79 Å². The number of carboxylic acids is 1. The Bertz CT molecular complexity index is 206. The Morgan fingerprint density at radius 2 is 2.07 bits per heavy atom. The van der Waals surface area contributed by atoms with E-state index in [1.54, 1.807) is 0 Å². The Morgan fingerprint density at radius 3 is 2.50 bits per heavy atom. The van der Waals surface area contributed by atoms with Crippen molar-refractivity contribution in [1.82, 2.24) is 10.2 Å². The van der Waals surface area contributed by atoms with Gasteiger partial charge >= 0.3 is 5.97 Å². The maximum atomic E-state index is 11.0. The number of carbonyl (C=O) groups is 2. The highest BCUT2D eigenvalue weighted by Crippen LogP contribution is 1.83. The molecule has 0 spiro atoms. The predicted octanol–water partition coefficient (Wildman–Crippen LogP) is -1.53. The largest absolute Gasteiger partial charge is 0.480 e. The van der Waals surface area contributed by atoms with Gasteiger partial charge < -0.3 is 21.1 Å². The first kappa shape index (κ1) is 12.9. The first-order valence-electron chi connectivity index (χ1n) is 4.36. The lowest BCUT2D eigenvalue weighted by atomic mass is 10.3. The molecule has 1 atom stereocenters. The van der Waals surface area contributed by atoms with E-state index in [9.17, 15) is 9.59 Å². The van der Waals surface area contributed by atoms with Crippen molar-refractivity contribution in [3.63, 3.8) is 0 Å². The Hall–Kier alpha value is -1.14. The molecule has 0 fully saturated rings. The van der Waals surface area contributed by atoms with Crippen molar-refractivity contribution in [1.29, 1.82) is 0 Å². The summed E-state index contributed by atoms with van der Waals surface area (Å²) < 4.78 is 0. The molecule has 0 aromatic rings. The van der Waals surface area contributed by atoms with Crippen LogP contribution in [-0.2, 0) is 9.59 Å². The van der Waals surface area contributed by atoms with Crippen LogP contribution in [-0.4, -0.2) is 55.1 Å². The zero-order valence-electron chi connectivity index (χ0n) is 8.49. The summed E-state index contributed by atoms with van der Waals surface area (Å²) in [5.41, 5.74) is 5.08. The lowest BCUT2D eigenvalue weighted by molar-refractivity contribution is -0.142. The standard InChI is InChI=1S/C8H17N3O3/c1-11(2)5-3-4-10-7(12)6(9)8(13)14/h6H,3-5,9H2,1-2H3,(H,10,12)(H,13,14). The van der Waals surface area contributed by atoms with E-state index in [1.165, 1.54) is 0 Å². The molecule has 14 heavy (non-hydrogen) atoms. The molecular formula is C8H17N3O3. The van der Waals surface area contributed by atoms with Gasteiger partial charge in [0.2, 0.25) is 5.91 Å². The SMILES string of the molecule is CN(C)CCCNC(=O)C(N)C(=O)O. The molecule has 0 saturated heterocycles. The van der Waals surface area contributed by atoms with E-state index in [-0.39, 0.29) is 0 Å². The van der Waals surface area contributed by atoms with Crippen molar-refractivity contribution in [2.24, 2.45) is 5.73 Å². The second-order valence-corrected chi connectivity index (χ2v) is 3.26. The number of nitrogens with two attached hydrogens (primary N) is 1. The average Bonchev–Trinajstić information content (AvgIpc) is 2.10. The first-order valence-corrected chi connectivity index (χ1v) is 4.36. The summed E-state index contributed by atoms with van der Waals surface area (Å²) in [5.74, 6) is -1.95. The van der Waals surface area contributed by atoms with Gasteiger partial charge in [-0.2, -0.15) is 0 Å². The molecule has 1 amide bonds. The van der Waals surface area contributed by atoms with Crippen molar-refractivity contribution >= 4 is 11.9 Å². The van der Waals surface area contributed by atoms with Crippen molar-refractivity contribution in [2.45, 2.75) is 12.5 Å². The maximum absolute atomic E-state index is 11.0. The third-order valence-corrected chi connectivity index (χ3v) is 1.63. The van der Waals surface area contributed by atoms with E-state index < -0.39 is 17.9 Å². The molecule has 6 heteroatoms. The van der Waals surface area contributed by atoms with Crippen LogP contribution in [0.4, 0.5) is 0 Å². The van der Waals surface area contributed by atoms with Gasteiger partial charge in [-0.1, -0.05) is 0 Å². The van der Waals surface area contributed by atoms with Crippen molar-refractivity contribution in [2.75, 3.05) is 27.2 Å². The van der Waals surface area contributed by atoms with Crippen LogP contribution >= 0.6 is 0 Å². The second kappa shape index (κ2) is 6.33. The summed E-state index contributed by atoms with van der Waals surface area (Å²) in [6, 6.07) is -1.46. The van der Waals surface area contributed by atoms with Crippen molar-refractivity contribution < 1.29 is 14.7 Å². The molecule has 6 nitrogen and oxygen atoms in total. The Labute approximate surface area is 83.1 Å². The molecule has 82 valence electrons. The van der Waals surface area contributed by atoms with Crippen LogP contribution in [0.25, 0.3) is 0 Å². The third kappa shape index (κ3) is 5.50. The molecule has 0 heterocycles. The minimum atomic E-state index is -1.46. The molecule has 0 saturated carbocycles.